The lowest BCUT2D eigenvalue weighted by Gasteiger charge is -2.12. The number of benzene rings is 1. The van der Waals surface area contributed by atoms with E-state index in [-0.39, 0.29) is 10.6 Å². The topological polar surface area (TPSA) is 74.6 Å². The van der Waals surface area contributed by atoms with E-state index in [1.807, 2.05) is 6.07 Å². The molecule has 0 bridgehead atoms. The van der Waals surface area contributed by atoms with Gasteiger partial charge in [-0.15, -0.1) is 0 Å². The van der Waals surface area contributed by atoms with Crippen LogP contribution in [-0.4, -0.2) is 18.1 Å². The fourth-order valence-electron chi connectivity index (χ4n) is 4.53. The minimum absolute atomic E-state index is 0.270. The van der Waals surface area contributed by atoms with Gasteiger partial charge in [-0.1, -0.05) is 123 Å². The first-order valence-electron chi connectivity index (χ1n) is 13.7. The van der Waals surface area contributed by atoms with E-state index in [2.05, 4.69) is 13.8 Å². The Morgan fingerprint density at radius 3 is 1.42 bits per heavy atom. The Kier molecular flexibility index (Phi) is 16.6. The standard InChI is InChI=1S/C28H50O4S/c1-3-5-7-9-11-13-14-16-18-20-22-26-23-25(24-27(28(26)29)33(30,31)32)21-19-17-15-12-10-8-6-4-2/h23-24,29H,3-22H2,1-2H3,(H,30,31,32). The van der Waals surface area contributed by atoms with Gasteiger partial charge in [0.05, 0.1) is 0 Å². The lowest BCUT2D eigenvalue weighted by molar-refractivity contribution is 0.436. The Morgan fingerprint density at radius 1 is 0.606 bits per heavy atom. The molecule has 2 N–H and O–H groups in total. The van der Waals surface area contributed by atoms with Crippen LogP contribution >= 0.6 is 0 Å². The first kappa shape index (κ1) is 30.0. The highest BCUT2D eigenvalue weighted by atomic mass is 32.2. The quantitative estimate of drug-likeness (QED) is 0.136. The summed E-state index contributed by atoms with van der Waals surface area (Å²) < 4.78 is 33.2. The van der Waals surface area contributed by atoms with Crippen molar-refractivity contribution in [3.63, 3.8) is 0 Å². The average Bonchev–Trinajstić information content (AvgIpc) is 2.77. The third kappa shape index (κ3) is 14.0. The molecule has 1 aromatic carbocycles. The zero-order valence-electron chi connectivity index (χ0n) is 21.4. The Hall–Kier alpha value is -1.07. The van der Waals surface area contributed by atoms with Crippen LogP contribution in [0.5, 0.6) is 5.75 Å². The van der Waals surface area contributed by atoms with Gasteiger partial charge in [-0.3, -0.25) is 4.55 Å². The molecule has 0 fully saturated rings. The Bertz CT molecular complexity index is 728. The molecule has 0 radical (unpaired) electrons. The summed E-state index contributed by atoms with van der Waals surface area (Å²) in [6.07, 6.45) is 23.6. The van der Waals surface area contributed by atoms with Gasteiger partial charge in [-0.2, -0.15) is 8.42 Å². The van der Waals surface area contributed by atoms with Gasteiger partial charge in [0, 0.05) is 0 Å². The molecule has 0 saturated heterocycles. The molecule has 0 atom stereocenters. The number of aromatic hydroxyl groups is 1. The SMILES string of the molecule is CCCCCCCCCCCCc1cc(CCCCCCCCCC)cc(S(=O)(=O)O)c1O. The summed E-state index contributed by atoms with van der Waals surface area (Å²) in [6, 6.07) is 3.40. The van der Waals surface area contributed by atoms with Crippen LogP contribution in [0.3, 0.4) is 0 Å². The maximum atomic E-state index is 11.8. The fraction of sp³-hybridized carbons (Fsp3) is 0.786. The number of aryl methyl sites for hydroxylation is 2. The van der Waals surface area contributed by atoms with Crippen LogP contribution in [0.2, 0.25) is 0 Å². The van der Waals surface area contributed by atoms with Crippen LogP contribution < -0.4 is 0 Å². The molecule has 0 aliphatic carbocycles. The first-order chi connectivity index (χ1) is 15.9. The summed E-state index contributed by atoms with van der Waals surface area (Å²) in [7, 11) is -4.43. The van der Waals surface area contributed by atoms with E-state index in [1.165, 1.54) is 96.0 Å². The zero-order valence-corrected chi connectivity index (χ0v) is 22.2. The number of rotatable bonds is 21. The summed E-state index contributed by atoms with van der Waals surface area (Å²) >= 11 is 0. The van der Waals surface area contributed by atoms with Crippen LogP contribution in [0.25, 0.3) is 0 Å². The Morgan fingerprint density at radius 2 is 1.00 bits per heavy atom. The maximum absolute atomic E-state index is 11.8. The van der Waals surface area contributed by atoms with Crippen LogP contribution in [-0.2, 0) is 23.0 Å². The first-order valence-corrected chi connectivity index (χ1v) is 15.2. The average molecular weight is 483 g/mol. The molecule has 1 rings (SSSR count). The number of unbranched alkanes of at least 4 members (excludes halogenated alkanes) is 16. The van der Waals surface area contributed by atoms with Crippen molar-refractivity contribution in [1.29, 1.82) is 0 Å². The van der Waals surface area contributed by atoms with Gasteiger partial charge in [0.2, 0.25) is 0 Å². The largest absolute Gasteiger partial charge is 0.506 e. The Labute approximate surface area is 204 Å². The van der Waals surface area contributed by atoms with E-state index < -0.39 is 10.1 Å². The van der Waals surface area contributed by atoms with E-state index in [1.54, 1.807) is 0 Å². The van der Waals surface area contributed by atoms with Crippen molar-refractivity contribution in [3.8, 4) is 5.75 Å². The normalized spacial score (nSPS) is 11.8. The number of phenols is 1. The molecular formula is C28H50O4S. The van der Waals surface area contributed by atoms with E-state index >= 15 is 0 Å². The van der Waals surface area contributed by atoms with Crippen molar-refractivity contribution >= 4 is 10.1 Å². The molecule has 4 nitrogen and oxygen atoms in total. The van der Waals surface area contributed by atoms with E-state index in [4.69, 9.17) is 0 Å². The van der Waals surface area contributed by atoms with Crippen LogP contribution in [0.15, 0.2) is 17.0 Å². The Balaban J connectivity index is 2.46. The molecule has 1 aromatic rings. The number of phenolic OH excluding ortho intramolecular Hbond substituents is 1. The molecule has 0 amide bonds. The molecule has 33 heavy (non-hydrogen) atoms. The van der Waals surface area contributed by atoms with E-state index in [9.17, 15) is 18.1 Å². The minimum Gasteiger partial charge on any atom is -0.506 e. The zero-order chi connectivity index (χ0) is 24.4. The summed E-state index contributed by atoms with van der Waals surface area (Å²) in [5.74, 6) is -0.270. The molecule has 0 heterocycles. The highest BCUT2D eigenvalue weighted by Gasteiger charge is 2.19. The highest BCUT2D eigenvalue weighted by molar-refractivity contribution is 7.86. The molecule has 0 saturated carbocycles. The molecule has 0 unspecified atom stereocenters. The van der Waals surface area contributed by atoms with Crippen LogP contribution in [0, 0.1) is 0 Å². The van der Waals surface area contributed by atoms with Crippen LogP contribution in [0.4, 0.5) is 0 Å². The second-order valence-electron chi connectivity index (χ2n) is 9.73. The third-order valence-electron chi connectivity index (χ3n) is 6.61. The lowest BCUT2D eigenvalue weighted by atomic mass is 9.99. The van der Waals surface area contributed by atoms with Crippen molar-refractivity contribution in [2.45, 2.75) is 147 Å². The van der Waals surface area contributed by atoms with Gasteiger partial charge < -0.3 is 5.11 Å². The van der Waals surface area contributed by atoms with Gasteiger partial charge in [0.1, 0.15) is 10.6 Å². The van der Waals surface area contributed by atoms with Gasteiger partial charge in [-0.25, -0.2) is 0 Å². The molecule has 5 heteroatoms. The summed E-state index contributed by atoms with van der Waals surface area (Å²) in [5, 5.41) is 10.5. The molecule has 0 aliphatic rings. The maximum Gasteiger partial charge on any atom is 0.298 e. The van der Waals surface area contributed by atoms with Gasteiger partial charge in [0.25, 0.3) is 10.1 Å². The fourth-order valence-corrected chi connectivity index (χ4v) is 5.20. The van der Waals surface area contributed by atoms with Gasteiger partial charge in [-0.05, 0) is 42.9 Å². The van der Waals surface area contributed by atoms with E-state index in [0.717, 1.165) is 37.7 Å². The van der Waals surface area contributed by atoms with Crippen molar-refractivity contribution in [1.82, 2.24) is 0 Å². The molecule has 0 aliphatic heterocycles. The monoisotopic (exact) mass is 482 g/mol. The van der Waals surface area contributed by atoms with E-state index in [0.29, 0.717) is 12.0 Å². The van der Waals surface area contributed by atoms with Crippen molar-refractivity contribution in [3.05, 3.63) is 23.3 Å². The van der Waals surface area contributed by atoms with Crippen LogP contribution in [0.1, 0.15) is 141 Å². The number of hydrogen-bond acceptors (Lipinski definition) is 3. The molecule has 0 aromatic heterocycles. The molecular weight excluding hydrogens is 432 g/mol. The predicted octanol–water partition coefficient (Wildman–Crippen LogP) is 8.79. The van der Waals surface area contributed by atoms with Crippen molar-refractivity contribution in [2.75, 3.05) is 0 Å². The summed E-state index contributed by atoms with van der Waals surface area (Å²) in [6.45, 7) is 4.46. The summed E-state index contributed by atoms with van der Waals surface area (Å²) in [5.41, 5.74) is 1.55. The van der Waals surface area contributed by atoms with Crippen molar-refractivity contribution < 1.29 is 18.1 Å². The van der Waals surface area contributed by atoms with Gasteiger partial charge in [0.15, 0.2) is 0 Å². The molecule has 192 valence electrons. The highest BCUT2D eigenvalue weighted by Crippen LogP contribution is 2.31. The van der Waals surface area contributed by atoms with Crippen molar-refractivity contribution in [2.24, 2.45) is 0 Å². The second kappa shape index (κ2) is 18.3. The molecule has 0 spiro atoms. The number of hydrogen-bond donors (Lipinski definition) is 2. The third-order valence-corrected chi connectivity index (χ3v) is 7.48. The predicted molar refractivity (Wildman–Crippen MR) is 140 cm³/mol. The summed E-state index contributed by atoms with van der Waals surface area (Å²) in [4.78, 5) is -0.332. The van der Waals surface area contributed by atoms with Gasteiger partial charge >= 0.3 is 0 Å². The lowest BCUT2D eigenvalue weighted by Crippen LogP contribution is -2.03. The minimum atomic E-state index is -4.43. The smallest absolute Gasteiger partial charge is 0.298 e. The second-order valence-corrected chi connectivity index (χ2v) is 11.1.